The molecular formula is C17H24N4O3. The van der Waals surface area contributed by atoms with Gasteiger partial charge in [-0.1, -0.05) is 0 Å². The fourth-order valence-electron chi connectivity index (χ4n) is 4.11. The molecule has 0 aliphatic carbocycles. The van der Waals surface area contributed by atoms with Gasteiger partial charge >= 0.3 is 0 Å². The predicted octanol–water partition coefficient (Wildman–Crippen LogP) is -0.113. The van der Waals surface area contributed by atoms with E-state index >= 15 is 0 Å². The van der Waals surface area contributed by atoms with Crippen molar-refractivity contribution in [3.8, 4) is 0 Å². The van der Waals surface area contributed by atoms with Crippen molar-refractivity contribution in [3.05, 3.63) is 24.2 Å². The van der Waals surface area contributed by atoms with Crippen molar-refractivity contribution >= 4 is 11.8 Å². The van der Waals surface area contributed by atoms with Crippen molar-refractivity contribution < 1.29 is 14.0 Å². The first-order chi connectivity index (χ1) is 11.7. The van der Waals surface area contributed by atoms with Crippen LogP contribution in [0, 0.1) is 0 Å². The highest BCUT2D eigenvalue weighted by Gasteiger charge is 2.40. The summed E-state index contributed by atoms with van der Waals surface area (Å²) in [5.41, 5.74) is 0. The first kappa shape index (κ1) is 15.7. The summed E-state index contributed by atoms with van der Waals surface area (Å²) < 4.78 is 5.43. The molecule has 4 heterocycles. The number of piperidine rings is 1. The molecule has 130 valence electrons. The molecule has 3 aliphatic rings. The van der Waals surface area contributed by atoms with Crippen LogP contribution in [0.1, 0.15) is 18.6 Å². The summed E-state index contributed by atoms with van der Waals surface area (Å²) in [7, 11) is 0. The van der Waals surface area contributed by atoms with Crippen LogP contribution in [0.3, 0.4) is 0 Å². The summed E-state index contributed by atoms with van der Waals surface area (Å²) in [6.45, 7) is 5.32. The first-order valence-corrected chi connectivity index (χ1v) is 8.76. The highest BCUT2D eigenvalue weighted by atomic mass is 16.3. The maximum Gasteiger partial charge on any atom is 0.244 e. The highest BCUT2D eigenvalue weighted by Crippen LogP contribution is 2.22. The quantitative estimate of drug-likeness (QED) is 0.836. The zero-order valence-electron chi connectivity index (χ0n) is 13.8. The maximum absolute atomic E-state index is 12.1. The van der Waals surface area contributed by atoms with Crippen molar-refractivity contribution in [2.45, 2.75) is 31.5 Å². The minimum atomic E-state index is -0.304. The zero-order chi connectivity index (χ0) is 16.5. The summed E-state index contributed by atoms with van der Waals surface area (Å²) in [6.07, 6.45) is 3.92. The number of hydrogen-bond acceptors (Lipinski definition) is 5. The van der Waals surface area contributed by atoms with Crippen molar-refractivity contribution in [2.24, 2.45) is 0 Å². The molecule has 0 unspecified atom stereocenters. The molecular weight excluding hydrogens is 308 g/mol. The predicted molar refractivity (Wildman–Crippen MR) is 87.1 cm³/mol. The van der Waals surface area contributed by atoms with Gasteiger partial charge in [-0.3, -0.25) is 19.4 Å². The molecule has 2 amide bonds. The normalized spacial score (nSPS) is 27.2. The van der Waals surface area contributed by atoms with Crippen molar-refractivity contribution in [1.82, 2.24) is 20.0 Å². The second-order valence-electron chi connectivity index (χ2n) is 6.90. The van der Waals surface area contributed by atoms with E-state index < -0.39 is 0 Å². The molecule has 24 heavy (non-hydrogen) atoms. The Morgan fingerprint density at radius 2 is 2.00 bits per heavy atom. The second-order valence-corrected chi connectivity index (χ2v) is 6.90. The molecule has 3 fully saturated rings. The van der Waals surface area contributed by atoms with Gasteiger partial charge in [0.25, 0.3) is 0 Å². The van der Waals surface area contributed by atoms with E-state index in [0.717, 1.165) is 44.8 Å². The standard InChI is InChI=1S/C17H24N4O3/c22-16-10-18-17(23)15-12-20(7-8-21(15)16)13-3-5-19(6-4-13)11-14-2-1-9-24-14/h1-2,9,13,15H,3-8,10-12H2,(H,18,23)/t15-/m1/s1. The lowest BCUT2D eigenvalue weighted by Gasteiger charge is -2.47. The van der Waals surface area contributed by atoms with Gasteiger partial charge in [-0.2, -0.15) is 0 Å². The molecule has 7 nitrogen and oxygen atoms in total. The van der Waals surface area contributed by atoms with Crippen LogP contribution in [0.2, 0.25) is 0 Å². The molecule has 3 aliphatic heterocycles. The number of hydrogen-bond donors (Lipinski definition) is 1. The number of nitrogens with zero attached hydrogens (tertiary/aromatic N) is 3. The lowest BCUT2D eigenvalue weighted by atomic mass is 9.99. The Labute approximate surface area is 141 Å². The molecule has 3 saturated heterocycles. The molecule has 0 aromatic carbocycles. The van der Waals surface area contributed by atoms with Crippen molar-refractivity contribution in [1.29, 1.82) is 0 Å². The Morgan fingerprint density at radius 1 is 1.17 bits per heavy atom. The van der Waals surface area contributed by atoms with Gasteiger partial charge in [0.05, 0.1) is 19.4 Å². The largest absolute Gasteiger partial charge is 0.468 e. The Morgan fingerprint density at radius 3 is 2.75 bits per heavy atom. The van der Waals surface area contributed by atoms with Crippen LogP contribution in [-0.2, 0) is 16.1 Å². The number of amides is 2. The molecule has 0 spiro atoms. The molecule has 1 atom stereocenters. The number of piperazine rings is 2. The molecule has 0 bridgehead atoms. The third-order valence-corrected chi connectivity index (χ3v) is 5.48. The molecule has 7 heteroatoms. The summed E-state index contributed by atoms with van der Waals surface area (Å²) in [5.74, 6) is 1.06. The lowest BCUT2D eigenvalue weighted by Crippen LogP contribution is -2.67. The molecule has 1 aromatic rings. The van der Waals surface area contributed by atoms with Crippen LogP contribution < -0.4 is 5.32 Å². The first-order valence-electron chi connectivity index (χ1n) is 8.76. The van der Waals surface area contributed by atoms with E-state index in [1.54, 1.807) is 11.2 Å². The van der Waals surface area contributed by atoms with E-state index in [0.29, 0.717) is 19.1 Å². The Hall–Kier alpha value is -1.86. The van der Waals surface area contributed by atoms with Crippen LogP contribution >= 0.6 is 0 Å². The Bertz CT molecular complexity index is 595. The van der Waals surface area contributed by atoms with Crippen molar-refractivity contribution in [3.63, 3.8) is 0 Å². The second kappa shape index (κ2) is 6.57. The number of nitrogens with one attached hydrogen (secondary N) is 1. The number of furan rings is 1. The summed E-state index contributed by atoms with van der Waals surface area (Å²) in [5, 5.41) is 2.71. The van der Waals surface area contributed by atoms with Gasteiger partial charge in [0.1, 0.15) is 11.8 Å². The third kappa shape index (κ3) is 3.06. The van der Waals surface area contributed by atoms with E-state index in [-0.39, 0.29) is 24.4 Å². The summed E-state index contributed by atoms with van der Waals surface area (Å²) in [6, 6.07) is 4.15. The number of carbonyl (C=O) groups is 2. The molecule has 1 N–H and O–H groups in total. The molecule has 4 rings (SSSR count). The molecule has 1 aromatic heterocycles. The van der Waals surface area contributed by atoms with E-state index in [1.807, 2.05) is 12.1 Å². The van der Waals surface area contributed by atoms with Crippen LogP contribution in [0.15, 0.2) is 22.8 Å². The highest BCUT2D eigenvalue weighted by molar-refractivity contribution is 5.95. The number of carbonyl (C=O) groups excluding carboxylic acids is 2. The van der Waals surface area contributed by atoms with Crippen LogP contribution in [0.4, 0.5) is 0 Å². The lowest BCUT2D eigenvalue weighted by molar-refractivity contribution is -0.150. The monoisotopic (exact) mass is 332 g/mol. The van der Waals surface area contributed by atoms with Gasteiger partial charge in [0, 0.05) is 38.8 Å². The van der Waals surface area contributed by atoms with E-state index in [9.17, 15) is 9.59 Å². The summed E-state index contributed by atoms with van der Waals surface area (Å²) in [4.78, 5) is 30.6. The maximum atomic E-state index is 12.1. The van der Waals surface area contributed by atoms with Gasteiger partial charge in [-0.25, -0.2) is 0 Å². The van der Waals surface area contributed by atoms with E-state index in [1.165, 1.54) is 0 Å². The number of rotatable bonds is 3. The van der Waals surface area contributed by atoms with Crippen LogP contribution in [0.5, 0.6) is 0 Å². The SMILES string of the molecule is O=C1NCC(=O)N2CCN(C3CCN(Cc4ccco4)CC3)C[C@H]12. The van der Waals surface area contributed by atoms with E-state index in [2.05, 4.69) is 15.1 Å². The average Bonchev–Trinajstić information content (AvgIpc) is 3.12. The smallest absolute Gasteiger partial charge is 0.244 e. The fraction of sp³-hybridized carbons (Fsp3) is 0.647. The van der Waals surface area contributed by atoms with Gasteiger partial charge in [-0.05, 0) is 25.0 Å². The molecule has 0 radical (unpaired) electrons. The third-order valence-electron chi connectivity index (χ3n) is 5.48. The zero-order valence-corrected chi connectivity index (χ0v) is 13.8. The minimum absolute atomic E-state index is 0.00504. The Balaban J connectivity index is 1.31. The summed E-state index contributed by atoms with van der Waals surface area (Å²) >= 11 is 0. The fourth-order valence-corrected chi connectivity index (χ4v) is 4.11. The molecule has 0 saturated carbocycles. The van der Waals surface area contributed by atoms with Gasteiger partial charge in [0.2, 0.25) is 11.8 Å². The Kier molecular flexibility index (Phi) is 4.28. The van der Waals surface area contributed by atoms with Gasteiger partial charge in [-0.15, -0.1) is 0 Å². The van der Waals surface area contributed by atoms with Gasteiger partial charge in [0.15, 0.2) is 0 Å². The minimum Gasteiger partial charge on any atom is -0.468 e. The van der Waals surface area contributed by atoms with Crippen LogP contribution in [-0.4, -0.2) is 77.9 Å². The number of fused-ring (bicyclic) bond motifs is 1. The van der Waals surface area contributed by atoms with Crippen molar-refractivity contribution in [2.75, 3.05) is 39.3 Å². The van der Waals surface area contributed by atoms with E-state index in [4.69, 9.17) is 4.42 Å². The van der Waals surface area contributed by atoms with Gasteiger partial charge < -0.3 is 14.6 Å². The number of likely N-dealkylation sites (tertiary alicyclic amines) is 1. The van der Waals surface area contributed by atoms with Crippen LogP contribution in [0.25, 0.3) is 0 Å². The topological polar surface area (TPSA) is 69.0 Å². The average molecular weight is 332 g/mol.